The number of nitrogens with zero attached hydrogens (tertiary/aromatic N) is 2. The van der Waals surface area contributed by atoms with Crippen molar-refractivity contribution >= 4 is 0 Å². The van der Waals surface area contributed by atoms with E-state index in [1.54, 1.807) is 7.11 Å². The maximum Gasteiger partial charge on any atom is 0.118 e. The number of azo groups is 1. The molecule has 1 aromatic carbocycles. The van der Waals surface area contributed by atoms with Crippen LogP contribution in [0.2, 0.25) is 0 Å². The van der Waals surface area contributed by atoms with E-state index in [1.807, 2.05) is 24.3 Å². The van der Waals surface area contributed by atoms with Crippen molar-refractivity contribution in [3.63, 3.8) is 0 Å². The molecule has 5 heteroatoms. The Morgan fingerprint density at radius 2 is 1.91 bits per heavy atom. The van der Waals surface area contributed by atoms with E-state index in [-0.39, 0.29) is 12.7 Å². The second kappa shape index (κ2) is 7.70. The smallest absolute Gasteiger partial charge is 0.118 e. The first kappa shape index (κ1) is 16.1. The summed E-state index contributed by atoms with van der Waals surface area (Å²) in [5.74, 6) is 0.834. The van der Waals surface area contributed by atoms with Gasteiger partial charge in [-0.2, -0.15) is 10.2 Å². The van der Waals surface area contributed by atoms with Gasteiger partial charge in [-0.05, 0) is 49.0 Å². The van der Waals surface area contributed by atoms with Gasteiger partial charge in [-0.25, -0.2) is 0 Å². The summed E-state index contributed by atoms with van der Waals surface area (Å²) in [6, 6.07) is 8.45. The number of ether oxygens (including phenoxy) is 2. The normalized spacial score (nSPS) is 25.2. The molecule has 2 aliphatic rings. The Bertz CT molecular complexity index is 552. The molecule has 1 saturated carbocycles. The Balaban J connectivity index is 1.43. The van der Waals surface area contributed by atoms with Crippen LogP contribution in [-0.4, -0.2) is 37.0 Å². The molecule has 124 valence electrons. The zero-order chi connectivity index (χ0) is 16.1. The predicted octanol–water partition coefficient (Wildman–Crippen LogP) is 3.28. The first-order valence-corrected chi connectivity index (χ1v) is 8.25. The van der Waals surface area contributed by atoms with E-state index in [1.165, 1.54) is 5.57 Å². The third-order valence-corrected chi connectivity index (χ3v) is 4.55. The summed E-state index contributed by atoms with van der Waals surface area (Å²) < 4.78 is 11.0. The van der Waals surface area contributed by atoms with Crippen LogP contribution in [0.3, 0.4) is 0 Å². The van der Waals surface area contributed by atoms with Crippen LogP contribution >= 0.6 is 0 Å². The Hall–Kier alpha value is -1.72. The van der Waals surface area contributed by atoms with Gasteiger partial charge in [-0.15, -0.1) is 0 Å². The highest BCUT2D eigenvalue weighted by atomic mass is 16.5. The van der Waals surface area contributed by atoms with Crippen molar-refractivity contribution in [2.24, 2.45) is 10.2 Å². The monoisotopic (exact) mass is 316 g/mol. The molecular formula is C18H24N2O3. The standard InChI is InChI=1S/C18H24N2O3/c1-22-14-7-5-13(6-8-14)12-23-15(11-21)3-2-4-16-17-9-10-18(16)20-19-17/h4-8,15,17-18,21H,2-3,9-12H2,1H3/t15-,17-,18+/m1/s1. The highest BCUT2D eigenvalue weighted by Crippen LogP contribution is 2.37. The van der Waals surface area contributed by atoms with Crippen molar-refractivity contribution in [1.82, 2.24) is 0 Å². The summed E-state index contributed by atoms with van der Waals surface area (Å²) in [7, 11) is 1.65. The Kier molecular flexibility index (Phi) is 5.41. The van der Waals surface area contributed by atoms with Crippen LogP contribution in [0.25, 0.3) is 0 Å². The van der Waals surface area contributed by atoms with E-state index in [9.17, 15) is 5.11 Å². The zero-order valence-electron chi connectivity index (χ0n) is 13.5. The number of hydrogen-bond donors (Lipinski definition) is 1. The van der Waals surface area contributed by atoms with Crippen LogP contribution in [-0.2, 0) is 11.3 Å². The van der Waals surface area contributed by atoms with Gasteiger partial charge < -0.3 is 14.6 Å². The van der Waals surface area contributed by atoms with E-state index in [0.29, 0.717) is 18.7 Å². The third kappa shape index (κ3) is 3.98. The molecule has 1 aromatic rings. The molecule has 3 rings (SSSR count). The molecule has 0 unspecified atom stereocenters. The van der Waals surface area contributed by atoms with Gasteiger partial charge in [0.25, 0.3) is 0 Å². The van der Waals surface area contributed by atoms with Gasteiger partial charge in [-0.1, -0.05) is 18.2 Å². The second-order valence-electron chi connectivity index (χ2n) is 6.09. The van der Waals surface area contributed by atoms with Crippen LogP contribution in [0, 0.1) is 0 Å². The summed E-state index contributed by atoms with van der Waals surface area (Å²) >= 11 is 0. The van der Waals surface area contributed by atoms with Crippen molar-refractivity contribution in [2.75, 3.05) is 13.7 Å². The summed E-state index contributed by atoms with van der Waals surface area (Å²) in [5, 5.41) is 18.0. The van der Waals surface area contributed by atoms with Crippen LogP contribution in [0.5, 0.6) is 5.75 Å². The number of methoxy groups -OCH3 is 1. The van der Waals surface area contributed by atoms with Gasteiger partial charge in [0.1, 0.15) is 5.75 Å². The Labute approximate surface area is 137 Å². The molecule has 23 heavy (non-hydrogen) atoms. The topological polar surface area (TPSA) is 63.4 Å². The molecule has 2 bridgehead atoms. The molecule has 0 spiro atoms. The molecule has 1 fully saturated rings. The van der Waals surface area contributed by atoms with E-state index in [4.69, 9.17) is 9.47 Å². The Morgan fingerprint density at radius 3 is 2.48 bits per heavy atom. The third-order valence-electron chi connectivity index (χ3n) is 4.55. The number of allylic oxidation sites excluding steroid dienone is 1. The van der Waals surface area contributed by atoms with Crippen molar-refractivity contribution < 1.29 is 14.6 Å². The lowest BCUT2D eigenvalue weighted by Gasteiger charge is -2.15. The van der Waals surface area contributed by atoms with Gasteiger partial charge in [0.05, 0.1) is 38.5 Å². The average molecular weight is 316 g/mol. The van der Waals surface area contributed by atoms with Gasteiger partial charge >= 0.3 is 0 Å². The minimum atomic E-state index is -0.137. The average Bonchev–Trinajstić information content (AvgIpc) is 3.18. The molecule has 0 saturated heterocycles. The first-order chi connectivity index (χ1) is 11.3. The van der Waals surface area contributed by atoms with E-state index in [0.717, 1.165) is 37.0 Å². The maximum atomic E-state index is 9.49. The molecule has 0 amide bonds. The number of benzene rings is 1. The van der Waals surface area contributed by atoms with Crippen LogP contribution in [0.15, 0.2) is 46.1 Å². The van der Waals surface area contributed by atoms with Crippen LogP contribution in [0.1, 0.15) is 31.2 Å². The fourth-order valence-corrected chi connectivity index (χ4v) is 3.15. The largest absolute Gasteiger partial charge is 0.497 e. The predicted molar refractivity (Wildman–Crippen MR) is 87.6 cm³/mol. The van der Waals surface area contributed by atoms with Gasteiger partial charge in [0.15, 0.2) is 0 Å². The van der Waals surface area contributed by atoms with Crippen molar-refractivity contribution in [3.8, 4) is 5.75 Å². The molecule has 0 radical (unpaired) electrons. The number of rotatable bonds is 8. The van der Waals surface area contributed by atoms with Crippen LogP contribution in [0.4, 0.5) is 0 Å². The summed E-state index contributed by atoms with van der Waals surface area (Å²) in [6.07, 6.45) is 6.11. The Morgan fingerprint density at radius 1 is 1.22 bits per heavy atom. The molecule has 1 heterocycles. The summed E-state index contributed by atoms with van der Waals surface area (Å²) in [5.41, 5.74) is 2.45. The molecule has 1 aliphatic carbocycles. The zero-order valence-corrected chi connectivity index (χ0v) is 13.5. The molecule has 1 aliphatic heterocycles. The molecule has 0 aromatic heterocycles. The van der Waals surface area contributed by atoms with Crippen LogP contribution < -0.4 is 4.74 Å². The number of aliphatic hydroxyl groups is 1. The van der Waals surface area contributed by atoms with Crippen molar-refractivity contribution in [2.45, 2.75) is 50.5 Å². The van der Waals surface area contributed by atoms with Crippen molar-refractivity contribution in [1.29, 1.82) is 0 Å². The number of aliphatic hydroxyl groups excluding tert-OH is 1. The van der Waals surface area contributed by atoms with E-state index in [2.05, 4.69) is 16.3 Å². The molecule has 5 nitrogen and oxygen atoms in total. The minimum absolute atomic E-state index is 0.0426. The van der Waals surface area contributed by atoms with Gasteiger partial charge in [-0.3, -0.25) is 0 Å². The van der Waals surface area contributed by atoms with E-state index >= 15 is 0 Å². The van der Waals surface area contributed by atoms with Gasteiger partial charge in [0.2, 0.25) is 0 Å². The lowest BCUT2D eigenvalue weighted by Crippen LogP contribution is -2.17. The number of hydrogen-bond acceptors (Lipinski definition) is 5. The molecule has 1 N–H and O–H groups in total. The number of fused-ring (bicyclic) bond motifs is 2. The van der Waals surface area contributed by atoms with E-state index < -0.39 is 0 Å². The molecule has 3 atom stereocenters. The quantitative estimate of drug-likeness (QED) is 0.749. The lowest BCUT2D eigenvalue weighted by atomic mass is 10.1. The van der Waals surface area contributed by atoms with Crippen molar-refractivity contribution in [3.05, 3.63) is 41.5 Å². The minimum Gasteiger partial charge on any atom is -0.497 e. The fourth-order valence-electron chi connectivity index (χ4n) is 3.15. The fraction of sp³-hybridized carbons (Fsp3) is 0.556. The lowest BCUT2D eigenvalue weighted by molar-refractivity contribution is -0.00154. The second-order valence-corrected chi connectivity index (χ2v) is 6.09. The molecular weight excluding hydrogens is 292 g/mol. The highest BCUT2D eigenvalue weighted by Gasteiger charge is 2.34. The summed E-state index contributed by atoms with van der Waals surface area (Å²) in [6.45, 7) is 0.544. The summed E-state index contributed by atoms with van der Waals surface area (Å²) in [4.78, 5) is 0. The maximum absolute atomic E-state index is 9.49. The van der Waals surface area contributed by atoms with Gasteiger partial charge in [0, 0.05) is 0 Å². The first-order valence-electron chi connectivity index (χ1n) is 8.25. The SMILES string of the molecule is COc1ccc(CO[C@@H](CO)CCC=C2[C@@H]3CC[C@H]2N=N3)cc1. The highest BCUT2D eigenvalue weighted by molar-refractivity contribution is 5.27.